The van der Waals surface area contributed by atoms with E-state index >= 15 is 0 Å². The fourth-order valence-corrected chi connectivity index (χ4v) is 1.20. The average molecular weight is 186 g/mol. The highest BCUT2D eigenvalue weighted by Gasteiger charge is 1.96. The molecule has 2 nitrogen and oxygen atoms in total. The highest BCUT2D eigenvalue weighted by Crippen LogP contribution is 2.16. The van der Waals surface area contributed by atoms with E-state index in [-0.39, 0.29) is 0 Å². The van der Waals surface area contributed by atoms with Crippen molar-refractivity contribution in [2.45, 2.75) is 0 Å². The van der Waals surface area contributed by atoms with E-state index in [1.807, 2.05) is 42.3 Å². The lowest BCUT2D eigenvalue weighted by atomic mass is 10.1. The molecule has 2 heteroatoms. The second-order valence-corrected chi connectivity index (χ2v) is 2.77. The van der Waals surface area contributed by atoms with Gasteiger partial charge in [-0.15, -0.1) is 13.2 Å². The molecule has 0 N–H and O–H groups in total. The third kappa shape index (κ3) is 2.33. The second-order valence-electron chi connectivity index (χ2n) is 2.77. The van der Waals surface area contributed by atoms with Crippen molar-refractivity contribution in [1.82, 2.24) is 9.78 Å². The molecule has 2 aromatic rings. The summed E-state index contributed by atoms with van der Waals surface area (Å²) >= 11 is 0. The maximum atomic E-state index is 4.11. The summed E-state index contributed by atoms with van der Waals surface area (Å²) in [6, 6.07) is 10.2. The van der Waals surface area contributed by atoms with Crippen molar-refractivity contribution in [3.8, 4) is 11.1 Å². The monoisotopic (exact) mass is 186 g/mol. The molecular weight excluding hydrogens is 172 g/mol. The molecule has 2 rings (SSSR count). The van der Waals surface area contributed by atoms with E-state index in [2.05, 4.69) is 30.4 Å². The number of hydrogen-bond acceptors (Lipinski definition) is 1. The van der Waals surface area contributed by atoms with Gasteiger partial charge in [0.05, 0.1) is 6.20 Å². The molecule has 0 saturated carbocycles. The first-order chi connectivity index (χ1) is 6.86. The summed E-state index contributed by atoms with van der Waals surface area (Å²) in [5.41, 5.74) is 2.38. The van der Waals surface area contributed by atoms with Crippen LogP contribution in [0.2, 0.25) is 0 Å². The minimum atomic E-state index is 1.16. The lowest BCUT2D eigenvalue weighted by molar-refractivity contribution is 0.768. The van der Waals surface area contributed by atoms with Crippen LogP contribution in [0.5, 0.6) is 0 Å². The van der Waals surface area contributed by atoms with Crippen LogP contribution < -0.4 is 0 Å². The third-order valence-electron chi connectivity index (χ3n) is 1.81. The van der Waals surface area contributed by atoms with Crippen LogP contribution in [0.1, 0.15) is 0 Å². The predicted molar refractivity (Wildman–Crippen MR) is 59.9 cm³/mol. The molecule has 72 valence electrons. The maximum absolute atomic E-state index is 4.11. The van der Waals surface area contributed by atoms with Gasteiger partial charge in [0.15, 0.2) is 0 Å². The quantitative estimate of drug-likeness (QED) is 0.626. The lowest BCUT2D eigenvalue weighted by Crippen LogP contribution is -1.83. The minimum Gasteiger partial charge on any atom is -0.275 e. The number of aromatic nitrogens is 2. The molecule has 0 saturated heterocycles. The molecule has 1 heterocycles. The van der Waals surface area contributed by atoms with Crippen LogP contribution in [-0.4, -0.2) is 9.78 Å². The Morgan fingerprint density at radius 3 is 2.21 bits per heavy atom. The Hall–Kier alpha value is -1.83. The van der Waals surface area contributed by atoms with Gasteiger partial charge in [0.2, 0.25) is 0 Å². The molecular formula is C12H14N2. The zero-order valence-electron chi connectivity index (χ0n) is 8.35. The Kier molecular flexibility index (Phi) is 3.68. The van der Waals surface area contributed by atoms with E-state index in [1.54, 1.807) is 0 Å². The Bertz CT molecular complexity index is 376. The Morgan fingerprint density at radius 2 is 1.71 bits per heavy atom. The highest BCUT2D eigenvalue weighted by atomic mass is 15.2. The first kappa shape index (κ1) is 10.3. The fourth-order valence-electron chi connectivity index (χ4n) is 1.20. The van der Waals surface area contributed by atoms with Crippen LogP contribution in [0.25, 0.3) is 11.1 Å². The van der Waals surface area contributed by atoms with Crippen molar-refractivity contribution < 1.29 is 0 Å². The Morgan fingerprint density at radius 1 is 1.07 bits per heavy atom. The van der Waals surface area contributed by atoms with Crippen molar-refractivity contribution >= 4 is 0 Å². The normalized spacial score (nSPS) is 8.93. The van der Waals surface area contributed by atoms with Crippen LogP contribution in [0.4, 0.5) is 0 Å². The number of rotatable bonds is 1. The first-order valence-corrected chi connectivity index (χ1v) is 4.40. The number of aryl methyl sites for hydroxylation is 1. The zero-order chi connectivity index (χ0) is 10.4. The maximum Gasteiger partial charge on any atom is 0.0568 e. The van der Waals surface area contributed by atoms with Crippen LogP contribution >= 0.6 is 0 Å². The zero-order valence-corrected chi connectivity index (χ0v) is 8.35. The van der Waals surface area contributed by atoms with Gasteiger partial charge in [-0.05, 0) is 5.56 Å². The molecule has 0 aliphatic carbocycles. The predicted octanol–water partition coefficient (Wildman–Crippen LogP) is 2.89. The van der Waals surface area contributed by atoms with E-state index in [0.717, 1.165) is 5.56 Å². The molecule has 14 heavy (non-hydrogen) atoms. The summed E-state index contributed by atoms with van der Waals surface area (Å²) in [6.07, 6.45) is 3.88. The van der Waals surface area contributed by atoms with E-state index < -0.39 is 0 Å². The summed E-state index contributed by atoms with van der Waals surface area (Å²) in [4.78, 5) is 0. The van der Waals surface area contributed by atoms with Gasteiger partial charge in [-0.2, -0.15) is 5.10 Å². The van der Waals surface area contributed by atoms with Gasteiger partial charge in [0, 0.05) is 18.8 Å². The van der Waals surface area contributed by atoms with Crippen LogP contribution in [-0.2, 0) is 7.05 Å². The van der Waals surface area contributed by atoms with Crippen molar-refractivity contribution in [2.75, 3.05) is 0 Å². The molecule has 0 atom stereocenters. The summed E-state index contributed by atoms with van der Waals surface area (Å²) < 4.78 is 1.81. The smallest absolute Gasteiger partial charge is 0.0568 e. The Labute approximate surface area is 84.5 Å². The van der Waals surface area contributed by atoms with Gasteiger partial charge in [-0.25, -0.2) is 0 Å². The van der Waals surface area contributed by atoms with Gasteiger partial charge in [0.1, 0.15) is 0 Å². The van der Waals surface area contributed by atoms with Gasteiger partial charge < -0.3 is 0 Å². The van der Waals surface area contributed by atoms with Crippen molar-refractivity contribution in [3.05, 3.63) is 55.9 Å². The lowest BCUT2D eigenvalue weighted by Gasteiger charge is -1.93. The van der Waals surface area contributed by atoms with Crippen molar-refractivity contribution in [3.63, 3.8) is 0 Å². The van der Waals surface area contributed by atoms with Crippen molar-refractivity contribution in [1.29, 1.82) is 0 Å². The minimum absolute atomic E-state index is 1.16. The fraction of sp³-hybridized carbons (Fsp3) is 0.0833. The third-order valence-corrected chi connectivity index (χ3v) is 1.81. The van der Waals surface area contributed by atoms with Crippen LogP contribution in [0, 0.1) is 0 Å². The van der Waals surface area contributed by atoms with Crippen molar-refractivity contribution in [2.24, 2.45) is 7.05 Å². The molecule has 0 amide bonds. The van der Waals surface area contributed by atoms with Crippen LogP contribution in [0.15, 0.2) is 55.9 Å². The van der Waals surface area contributed by atoms with Gasteiger partial charge >= 0.3 is 0 Å². The SMILES string of the molecule is C=C.Cn1cc(-c2ccccc2)cn1. The van der Waals surface area contributed by atoms with E-state index in [4.69, 9.17) is 0 Å². The average Bonchev–Trinajstić information content (AvgIpc) is 2.69. The van der Waals surface area contributed by atoms with E-state index in [0.29, 0.717) is 0 Å². The number of nitrogens with zero attached hydrogens (tertiary/aromatic N) is 2. The number of benzene rings is 1. The first-order valence-electron chi connectivity index (χ1n) is 4.40. The summed E-state index contributed by atoms with van der Waals surface area (Å²) in [7, 11) is 1.92. The molecule has 0 unspecified atom stereocenters. The highest BCUT2D eigenvalue weighted by molar-refractivity contribution is 5.61. The molecule has 1 aromatic carbocycles. The molecule has 1 aromatic heterocycles. The molecule has 0 aliphatic rings. The standard InChI is InChI=1S/C10H10N2.C2H4/c1-12-8-10(7-11-12)9-5-3-2-4-6-9;1-2/h2-8H,1H3;1-2H2. The van der Waals surface area contributed by atoms with Crippen LogP contribution in [0.3, 0.4) is 0 Å². The largest absolute Gasteiger partial charge is 0.275 e. The van der Waals surface area contributed by atoms with Gasteiger partial charge in [0.25, 0.3) is 0 Å². The van der Waals surface area contributed by atoms with Gasteiger partial charge in [-0.1, -0.05) is 30.3 Å². The molecule has 0 spiro atoms. The van der Waals surface area contributed by atoms with E-state index in [1.165, 1.54) is 5.56 Å². The Balaban J connectivity index is 0.000000461. The van der Waals surface area contributed by atoms with Gasteiger partial charge in [-0.3, -0.25) is 4.68 Å². The number of hydrogen-bond donors (Lipinski definition) is 0. The second kappa shape index (κ2) is 5.02. The summed E-state index contributed by atoms with van der Waals surface area (Å²) in [5, 5.41) is 4.11. The molecule has 0 bridgehead atoms. The summed E-state index contributed by atoms with van der Waals surface area (Å²) in [5.74, 6) is 0. The molecule has 0 radical (unpaired) electrons. The summed E-state index contributed by atoms with van der Waals surface area (Å²) in [6.45, 7) is 6.00. The van der Waals surface area contributed by atoms with E-state index in [9.17, 15) is 0 Å². The molecule has 0 fully saturated rings. The molecule has 0 aliphatic heterocycles. The topological polar surface area (TPSA) is 17.8 Å².